The first-order chi connectivity index (χ1) is 17.0. The van der Waals surface area contributed by atoms with Crippen molar-refractivity contribution in [3.8, 4) is 11.1 Å². The van der Waals surface area contributed by atoms with Crippen LogP contribution >= 0.6 is 0 Å². The van der Waals surface area contributed by atoms with Gasteiger partial charge in [-0.25, -0.2) is 9.59 Å². The van der Waals surface area contributed by atoms with Gasteiger partial charge in [-0.05, 0) is 59.3 Å². The Morgan fingerprint density at radius 2 is 1.57 bits per heavy atom. The smallest absolute Gasteiger partial charge is 0.407 e. The van der Waals surface area contributed by atoms with Crippen molar-refractivity contribution < 1.29 is 24.2 Å². The maximum Gasteiger partial charge on any atom is 0.407 e. The first kappa shape index (κ1) is 23.4. The van der Waals surface area contributed by atoms with Crippen molar-refractivity contribution in [2.75, 3.05) is 13.2 Å². The molecule has 0 aromatic heterocycles. The molecule has 0 aliphatic heterocycles. The summed E-state index contributed by atoms with van der Waals surface area (Å²) in [7, 11) is 0. The van der Waals surface area contributed by atoms with Gasteiger partial charge in [0.2, 0.25) is 5.91 Å². The predicted octanol–water partition coefficient (Wildman–Crippen LogP) is 4.31. The number of carboxylic acids is 1. The number of amides is 2. The Morgan fingerprint density at radius 1 is 0.943 bits per heavy atom. The monoisotopic (exact) mass is 476 g/mol. The SMILES string of the molecule is O=C(CC(CNC(=O)OCC1c2ccccc2-c2ccccc21)C1CC1)N[C@@H](CC1CC1)C(=O)O. The van der Waals surface area contributed by atoms with Crippen LogP contribution in [0.2, 0.25) is 0 Å². The highest BCUT2D eigenvalue weighted by molar-refractivity contribution is 5.84. The molecule has 0 bridgehead atoms. The van der Waals surface area contributed by atoms with E-state index in [0.29, 0.717) is 24.8 Å². The molecule has 0 heterocycles. The number of carbonyl (C=O) groups excluding carboxylic acids is 2. The molecule has 184 valence electrons. The number of hydrogen-bond acceptors (Lipinski definition) is 4. The molecule has 0 radical (unpaired) electrons. The zero-order valence-electron chi connectivity index (χ0n) is 19.7. The van der Waals surface area contributed by atoms with E-state index in [4.69, 9.17) is 4.74 Å². The van der Waals surface area contributed by atoms with Crippen LogP contribution < -0.4 is 10.6 Å². The normalized spacial score (nSPS) is 18.2. The molecule has 2 fully saturated rings. The van der Waals surface area contributed by atoms with Crippen LogP contribution in [0.3, 0.4) is 0 Å². The van der Waals surface area contributed by atoms with E-state index < -0.39 is 18.1 Å². The summed E-state index contributed by atoms with van der Waals surface area (Å²) in [6.45, 7) is 0.588. The van der Waals surface area contributed by atoms with Gasteiger partial charge in [0.05, 0.1) is 0 Å². The minimum Gasteiger partial charge on any atom is -0.480 e. The minimum absolute atomic E-state index is 0.00224. The largest absolute Gasteiger partial charge is 0.480 e. The molecule has 5 rings (SSSR count). The molecule has 2 aromatic carbocycles. The minimum atomic E-state index is -0.981. The van der Waals surface area contributed by atoms with E-state index in [1.165, 1.54) is 11.1 Å². The Bertz CT molecular complexity index is 1060. The van der Waals surface area contributed by atoms with Crippen molar-refractivity contribution in [3.05, 3.63) is 59.7 Å². The number of aliphatic carboxylic acids is 1. The van der Waals surface area contributed by atoms with Gasteiger partial charge in [-0.15, -0.1) is 0 Å². The molecule has 3 N–H and O–H groups in total. The third-order valence-corrected chi connectivity index (χ3v) is 7.49. The molecular formula is C28H32N2O5. The molecular weight excluding hydrogens is 444 g/mol. The number of benzene rings is 2. The molecule has 2 aromatic rings. The number of fused-ring (bicyclic) bond motifs is 3. The first-order valence-electron chi connectivity index (χ1n) is 12.6. The average Bonchev–Trinajstić information content (AvgIpc) is 3.78. The van der Waals surface area contributed by atoms with E-state index in [1.807, 2.05) is 24.3 Å². The van der Waals surface area contributed by atoms with Gasteiger partial charge in [-0.2, -0.15) is 0 Å². The van der Waals surface area contributed by atoms with Crippen LogP contribution in [0.4, 0.5) is 4.79 Å². The lowest BCUT2D eigenvalue weighted by Gasteiger charge is -2.20. The van der Waals surface area contributed by atoms with E-state index in [9.17, 15) is 19.5 Å². The van der Waals surface area contributed by atoms with E-state index >= 15 is 0 Å². The molecule has 3 aliphatic carbocycles. The van der Waals surface area contributed by atoms with Crippen molar-refractivity contribution in [1.82, 2.24) is 10.6 Å². The Labute approximate surface area is 205 Å². The fourth-order valence-electron chi connectivity index (χ4n) is 5.24. The Balaban J connectivity index is 1.12. The molecule has 0 spiro atoms. The number of ether oxygens (including phenoxy) is 1. The van der Waals surface area contributed by atoms with E-state index in [2.05, 4.69) is 34.9 Å². The third kappa shape index (κ3) is 5.66. The highest BCUT2D eigenvalue weighted by atomic mass is 16.5. The van der Waals surface area contributed by atoms with Gasteiger partial charge in [0.15, 0.2) is 0 Å². The van der Waals surface area contributed by atoms with Crippen LogP contribution in [0.25, 0.3) is 11.1 Å². The molecule has 7 nitrogen and oxygen atoms in total. The summed E-state index contributed by atoms with van der Waals surface area (Å²) in [4.78, 5) is 36.6. The fraction of sp³-hybridized carbons (Fsp3) is 0.464. The lowest BCUT2D eigenvalue weighted by Crippen LogP contribution is -2.42. The number of hydrogen-bond donors (Lipinski definition) is 3. The van der Waals surface area contributed by atoms with Crippen molar-refractivity contribution >= 4 is 18.0 Å². The summed E-state index contributed by atoms with van der Waals surface area (Å²) in [5.74, 6) is -0.482. The van der Waals surface area contributed by atoms with E-state index in [1.54, 1.807) is 0 Å². The van der Waals surface area contributed by atoms with Crippen LogP contribution in [0.5, 0.6) is 0 Å². The Morgan fingerprint density at radius 3 is 2.14 bits per heavy atom. The number of alkyl carbamates (subject to hydrolysis) is 1. The lowest BCUT2D eigenvalue weighted by molar-refractivity contribution is -0.142. The molecule has 7 heteroatoms. The van der Waals surface area contributed by atoms with E-state index in [0.717, 1.165) is 36.8 Å². The van der Waals surface area contributed by atoms with Gasteiger partial charge in [0.25, 0.3) is 0 Å². The van der Waals surface area contributed by atoms with Crippen LogP contribution in [0.15, 0.2) is 48.5 Å². The topological polar surface area (TPSA) is 105 Å². The summed E-state index contributed by atoms with van der Waals surface area (Å²) < 4.78 is 5.61. The molecule has 1 unspecified atom stereocenters. The Kier molecular flexibility index (Phi) is 6.75. The van der Waals surface area contributed by atoms with Gasteiger partial charge in [-0.3, -0.25) is 4.79 Å². The number of nitrogens with one attached hydrogen (secondary N) is 2. The predicted molar refractivity (Wildman–Crippen MR) is 131 cm³/mol. The van der Waals surface area contributed by atoms with Crippen LogP contribution in [0.1, 0.15) is 55.6 Å². The quantitative estimate of drug-likeness (QED) is 0.448. The molecule has 0 saturated heterocycles. The Hall–Kier alpha value is -3.35. The molecule has 3 aliphatic rings. The maximum absolute atomic E-state index is 12.6. The van der Waals surface area contributed by atoms with E-state index in [-0.39, 0.29) is 30.8 Å². The average molecular weight is 477 g/mol. The van der Waals surface area contributed by atoms with Crippen molar-refractivity contribution in [2.24, 2.45) is 17.8 Å². The second-order valence-corrected chi connectivity index (χ2v) is 10.1. The van der Waals surface area contributed by atoms with Crippen LogP contribution in [0, 0.1) is 17.8 Å². The zero-order valence-corrected chi connectivity index (χ0v) is 19.7. The second kappa shape index (κ2) is 10.1. The number of carboxylic acid groups (broad SMARTS) is 1. The van der Waals surface area contributed by atoms with Crippen LogP contribution in [-0.2, 0) is 14.3 Å². The second-order valence-electron chi connectivity index (χ2n) is 10.1. The highest BCUT2D eigenvalue weighted by Gasteiger charge is 2.35. The number of rotatable bonds is 11. The first-order valence-corrected chi connectivity index (χ1v) is 12.6. The summed E-state index contributed by atoms with van der Waals surface area (Å²) in [5.41, 5.74) is 4.68. The van der Waals surface area contributed by atoms with Gasteiger partial charge in [0, 0.05) is 18.9 Å². The molecule has 2 amide bonds. The highest BCUT2D eigenvalue weighted by Crippen LogP contribution is 2.44. The summed E-state index contributed by atoms with van der Waals surface area (Å²) in [6.07, 6.45) is 4.33. The summed E-state index contributed by atoms with van der Waals surface area (Å²) >= 11 is 0. The standard InChI is InChI=1S/C28H32N2O5/c31-26(30-25(27(32)33)13-17-9-10-17)14-19(18-11-12-18)15-29-28(34)35-16-24-22-7-3-1-5-20(22)21-6-2-4-8-23(21)24/h1-8,17-19,24-25H,9-16H2,(H,29,34)(H,30,31)(H,32,33)/t19?,25-/m0/s1. The van der Waals surface area contributed by atoms with Gasteiger partial charge in [-0.1, -0.05) is 61.4 Å². The summed E-state index contributed by atoms with van der Waals surface area (Å²) in [5, 5.41) is 14.9. The third-order valence-electron chi connectivity index (χ3n) is 7.49. The fourth-order valence-corrected chi connectivity index (χ4v) is 5.24. The maximum atomic E-state index is 12.6. The molecule has 35 heavy (non-hydrogen) atoms. The van der Waals surface area contributed by atoms with Gasteiger partial charge in [0.1, 0.15) is 12.6 Å². The van der Waals surface area contributed by atoms with Gasteiger partial charge < -0.3 is 20.5 Å². The van der Waals surface area contributed by atoms with Gasteiger partial charge >= 0.3 is 12.1 Å². The molecule has 2 saturated carbocycles. The van der Waals surface area contributed by atoms with Crippen molar-refractivity contribution in [3.63, 3.8) is 0 Å². The molecule has 2 atom stereocenters. The zero-order chi connectivity index (χ0) is 24.4. The van der Waals surface area contributed by atoms with Crippen LogP contribution in [-0.4, -0.2) is 42.3 Å². The summed E-state index contributed by atoms with van der Waals surface area (Å²) in [6, 6.07) is 15.6. The number of carbonyl (C=O) groups is 3. The van der Waals surface area contributed by atoms with Crippen molar-refractivity contribution in [1.29, 1.82) is 0 Å². The van der Waals surface area contributed by atoms with Crippen molar-refractivity contribution in [2.45, 2.75) is 50.5 Å². The lowest BCUT2D eigenvalue weighted by atomic mass is 9.98.